The summed E-state index contributed by atoms with van der Waals surface area (Å²) < 4.78 is 38.0. The summed E-state index contributed by atoms with van der Waals surface area (Å²) in [6.07, 6.45) is 0. The first-order valence-corrected chi connectivity index (χ1v) is 11.4. The molecule has 0 bridgehead atoms. The molecule has 0 atom stereocenters. The van der Waals surface area contributed by atoms with Gasteiger partial charge in [-0.1, -0.05) is 12.1 Å². The van der Waals surface area contributed by atoms with Crippen LogP contribution in [-0.4, -0.2) is 30.0 Å². The van der Waals surface area contributed by atoms with Crippen molar-refractivity contribution in [1.29, 1.82) is 5.26 Å². The highest BCUT2D eigenvalue weighted by Gasteiger charge is 2.18. The van der Waals surface area contributed by atoms with Crippen molar-refractivity contribution in [1.82, 2.24) is 9.97 Å². The molecule has 0 saturated carbocycles. The molecule has 1 amide bonds. The summed E-state index contributed by atoms with van der Waals surface area (Å²) in [6, 6.07) is 19.1. The summed E-state index contributed by atoms with van der Waals surface area (Å²) in [7, 11) is -3.68. The molecule has 9 heteroatoms. The van der Waals surface area contributed by atoms with Gasteiger partial charge in [0.1, 0.15) is 17.4 Å². The molecule has 32 heavy (non-hydrogen) atoms. The normalized spacial score (nSPS) is 11.2. The molecule has 160 valence electrons. The number of rotatable bonds is 6. The lowest BCUT2D eigenvalue weighted by molar-refractivity contribution is -0.113. The molecule has 0 fully saturated rings. The van der Waals surface area contributed by atoms with Crippen molar-refractivity contribution < 1.29 is 17.6 Å². The number of H-pyrrole nitrogens is 1. The number of aromatic amines is 1. The molecule has 0 unspecified atom stereocenters. The Bertz CT molecular complexity index is 1440. The van der Waals surface area contributed by atoms with E-state index < -0.39 is 21.5 Å². The van der Waals surface area contributed by atoms with Crippen LogP contribution in [0.4, 0.5) is 10.1 Å². The van der Waals surface area contributed by atoms with Crippen LogP contribution in [0.15, 0.2) is 66.7 Å². The summed E-state index contributed by atoms with van der Waals surface area (Å²) >= 11 is 0. The standard InChI is InChI=1S/C23H17FN4O3S/c24-18-7-10-20-21(11-18)28-23(27-20)17-5-8-19(9-6-17)26-22(29)14-32(30,31)13-16-3-1-15(12-25)2-4-16/h1-11H,13-14H2,(H,26,29)(H,27,28). The minimum Gasteiger partial charge on any atom is -0.338 e. The largest absolute Gasteiger partial charge is 0.338 e. The van der Waals surface area contributed by atoms with Gasteiger partial charge in [0, 0.05) is 11.3 Å². The fourth-order valence-corrected chi connectivity index (χ4v) is 4.48. The minimum absolute atomic E-state index is 0.294. The third-order valence-electron chi connectivity index (χ3n) is 4.71. The molecule has 1 aromatic heterocycles. The number of fused-ring (bicyclic) bond motifs is 1. The predicted molar refractivity (Wildman–Crippen MR) is 119 cm³/mol. The zero-order valence-corrected chi connectivity index (χ0v) is 17.5. The van der Waals surface area contributed by atoms with Gasteiger partial charge in [0.25, 0.3) is 0 Å². The number of carbonyl (C=O) groups excluding carboxylic acids is 1. The van der Waals surface area contributed by atoms with Crippen LogP contribution in [0.3, 0.4) is 0 Å². The zero-order chi connectivity index (χ0) is 22.7. The first kappa shape index (κ1) is 21.2. The lowest BCUT2D eigenvalue weighted by atomic mass is 10.2. The highest BCUT2D eigenvalue weighted by molar-refractivity contribution is 7.91. The van der Waals surface area contributed by atoms with Gasteiger partial charge in [0.05, 0.1) is 28.4 Å². The number of aromatic nitrogens is 2. The summed E-state index contributed by atoms with van der Waals surface area (Å²) in [5.74, 6) is -1.42. The summed E-state index contributed by atoms with van der Waals surface area (Å²) in [6.45, 7) is 0. The van der Waals surface area contributed by atoms with E-state index in [9.17, 15) is 17.6 Å². The van der Waals surface area contributed by atoms with Crippen LogP contribution < -0.4 is 5.32 Å². The molecule has 4 rings (SSSR count). The average molecular weight is 448 g/mol. The van der Waals surface area contributed by atoms with Crippen molar-refractivity contribution >= 4 is 32.5 Å². The Morgan fingerprint density at radius 3 is 2.47 bits per heavy atom. The molecule has 0 saturated heterocycles. The van der Waals surface area contributed by atoms with Crippen molar-refractivity contribution in [2.24, 2.45) is 0 Å². The topological polar surface area (TPSA) is 116 Å². The van der Waals surface area contributed by atoms with E-state index in [1.54, 1.807) is 42.5 Å². The van der Waals surface area contributed by atoms with Gasteiger partial charge in [-0.2, -0.15) is 5.26 Å². The number of nitrogens with one attached hydrogen (secondary N) is 2. The van der Waals surface area contributed by atoms with Gasteiger partial charge in [0.2, 0.25) is 5.91 Å². The Kier molecular flexibility index (Phi) is 5.71. The third kappa shape index (κ3) is 4.99. The number of nitriles is 1. The molecule has 0 aliphatic heterocycles. The fourth-order valence-electron chi connectivity index (χ4n) is 3.21. The Morgan fingerprint density at radius 2 is 1.78 bits per heavy atom. The molecule has 4 aromatic rings. The van der Waals surface area contributed by atoms with Crippen molar-refractivity contribution in [3.8, 4) is 17.5 Å². The SMILES string of the molecule is N#Cc1ccc(CS(=O)(=O)CC(=O)Nc2ccc(-c3nc4ccc(F)cc4[nH]3)cc2)cc1. The molecule has 0 aliphatic carbocycles. The Morgan fingerprint density at radius 1 is 1.06 bits per heavy atom. The van der Waals surface area contributed by atoms with Crippen molar-refractivity contribution in [2.45, 2.75) is 5.75 Å². The van der Waals surface area contributed by atoms with Crippen LogP contribution in [-0.2, 0) is 20.4 Å². The van der Waals surface area contributed by atoms with Gasteiger partial charge in [0.15, 0.2) is 9.84 Å². The maximum atomic E-state index is 13.4. The maximum Gasteiger partial charge on any atom is 0.239 e. The van der Waals surface area contributed by atoms with Crippen molar-refractivity contribution in [2.75, 3.05) is 11.1 Å². The van der Waals surface area contributed by atoms with Crippen LogP contribution >= 0.6 is 0 Å². The quantitative estimate of drug-likeness (QED) is 0.466. The van der Waals surface area contributed by atoms with E-state index >= 15 is 0 Å². The van der Waals surface area contributed by atoms with E-state index in [4.69, 9.17) is 5.26 Å². The van der Waals surface area contributed by atoms with Crippen LogP contribution in [0, 0.1) is 17.1 Å². The summed E-state index contributed by atoms with van der Waals surface area (Å²) in [5, 5.41) is 11.4. The molecule has 0 aliphatic rings. The van der Waals surface area contributed by atoms with Gasteiger partial charge in [-0.15, -0.1) is 0 Å². The highest BCUT2D eigenvalue weighted by Crippen LogP contribution is 2.22. The second-order valence-electron chi connectivity index (χ2n) is 7.21. The predicted octanol–water partition coefficient (Wildman–Crippen LogP) is 3.79. The zero-order valence-electron chi connectivity index (χ0n) is 16.7. The molecule has 7 nitrogen and oxygen atoms in total. The number of anilines is 1. The summed E-state index contributed by atoms with van der Waals surface area (Å²) in [4.78, 5) is 19.7. The van der Waals surface area contributed by atoms with E-state index in [0.29, 0.717) is 33.7 Å². The molecule has 3 aromatic carbocycles. The lowest BCUT2D eigenvalue weighted by Crippen LogP contribution is -2.23. The van der Waals surface area contributed by atoms with Crippen LogP contribution in [0.25, 0.3) is 22.4 Å². The Balaban J connectivity index is 1.40. The first-order chi connectivity index (χ1) is 15.3. The van der Waals surface area contributed by atoms with Gasteiger partial charge in [-0.25, -0.2) is 17.8 Å². The molecule has 0 radical (unpaired) electrons. The number of benzene rings is 3. The second-order valence-corrected chi connectivity index (χ2v) is 9.28. The van der Waals surface area contributed by atoms with E-state index in [2.05, 4.69) is 15.3 Å². The van der Waals surface area contributed by atoms with Crippen molar-refractivity contribution in [3.63, 3.8) is 0 Å². The number of amides is 1. The number of halogens is 1. The average Bonchev–Trinajstić information content (AvgIpc) is 3.17. The number of hydrogen-bond donors (Lipinski definition) is 2. The maximum absolute atomic E-state index is 13.4. The molecule has 2 N–H and O–H groups in total. The molecular formula is C23H17FN4O3S. The lowest BCUT2D eigenvalue weighted by Gasteiger charge is -2.07. The first-order valence-electron chi connectivity index (χ1n) is 9.56. The van der Waals surface area contributed by atoms with Gasteiger partial charge in [-0.05, 0) is 60.2 Å². The molecule has 1 heterocycles. The van der Waals surface area contributed by atoms with Crippen LogP contribution in [0.1, 0.15) is 11.1 Å². The van der Waals surface area contributed by atoms with Gasteiger partial charge in [-0.3, -0.25) is 4.79 Å². The molecule has 0 spiro atoms. The number of sulfone groups is 1. The summed E-state index contributed by atoms with van der Waals surface area (Å²) in [5.41, 5.74) is 3.31. The van der Waals surface area contributed by atoms with Gasteiger partial charge < -0.3 is 10.3 Å². The van der Waals surface area contributed by atoms with E-state index in [-0.39, 0.29) is 11.6 Å². The third-order valence-corrected chi connectivity index (χ3v) is 6.18. The van der Waals surface area contributed by atoms with Gasteiger partial charge >= 0.3 is 0 Å². The van der Waals surface area contributed by atoms with E-state index in [1.165, 1.54) is 24.3 Å². The van der Waals surface area contributed by atoms with E-state index in [0.717, 1.165) is 5.56 Å². The minimum atomic E-state index is -3.68. The Hall–Kier alpha value is -4.03. The highest BCUT2D eigenvalue weighted by atomic mass is 32.2. The number of hydrogen-bond acceptors (Lipinski definition) is 5. The van der Waals surface area contributed by atoms with E-state index in [1.807, 2.05) is 6.07 Å². The monoisotopic (exact) mass is 448 g/mol. The molecular weight excluding hydrogens is 431 g/mol. The fraction of sp³-hybridized carbons (Fsp3) is 0.0870. The second kappa shape index (κ2) is 8.61. The number of carbonyl (C=O) groups is 1. The van der Waals surface area contributed by atoms with Crippen molar-refractivity contribution in [3.05, 3.63) is 83.7 Å². The Labute approximate surface area is 183 Å². The smallest absolute Gasteiger partial charge is 0.239 e. The van der Waals surface area contributed by atoms with Crippen LogP contribution in [0.2, 0.25) is 0 Å². The number of imidazole rings is 1. The van der Waals surface area contributed by atoms with Crippen LogP contribution in [0.5, 0.6) is 0 Å². The number of nitrogens with zero attached hydrogens (tertiary/aromatic N) is 2.